The van der Waals surface area contributed by atoms with Gasteiger partial charge in [0.05, 0.1) is 13.2 Å². The Morgan fingerprint density at radius 1 is 1.16 bits per heavy atom. The largest absolute Gasteiger partial charge is 0.468 e. The molecule has 0 unspecified atom stereocenters. The number of halogens is 1. The number of benzene rings is 2. The highest BCUT2D eigenvalue weighted by molar-refractivity contribution is 6.11. The topological polar surface area (TPSA) is 46.6 Å². The number of hydrogen-bond donors (Lipinski definition) is 0. The van der Waals surface area contributed by atoms with Gasteiger partial charge in [-0.25, -0.2) is 4.39 Å². The molecule has 25 heavy (non-hydrogen) atoms. The molecule has 0 saturated carbocycles. The SMILES string of the molecule is COC(=O)[C@]1(/C=C/c2ccccc2)C(=O)N(C)[C@@H]1c1ccc(F)cc1. The third-order valence-corrected chi connectivity index (χ3v) is 4.54. The summed E-state index contributed by atoms with van der Waals surface area (Å²) >= 11 is 0. The van der Waals surface area contributed by atoms with E-state index in [0.29, 0.717) is 5.56 Å². The van der Waals surface area contributed by atoms with Crippen LogP contribution >= 0.6 is 0 Å². The van der Waals surface area contributed by atoms with Gasteiger partial charge in [0.2, 0.25) is 5.91 Å². The summed E-state index contributed by atoms with van der Waals surface area (Å²) in [6.07, 6.45) is 3.32. The minimum Gasteiger partial charge on any atom is -0.468 e. The van der Waals surface area contributed by atoms with Crippen molar-refractivity contribution in [2.45, 2.75) is 6.04 Å². The van der Waals surface area contributed by atoms with Crippen LogP contribution in [-0.4, -0.2) is 30.9 Å². The number of likely N-dealkylation sites (tertiary alicyclic amines) is 1. The molecule has 1 heterocycles. The van der Waals surface area contributed by atoms with Crippen LogP contribution in [0.25, 0.3) is 6.08 Å². The predicted molar refractivity (Wildman–Crippen MR) is 91.8 cm³/mol. The van der Waals surface area contributed by atoms with Crippen molar-refractivity contribution in [1.82, 2.24) is 4.90 Å². The molecular weight excluding hydrogens is 321 g/mol. The standard InChI is InChI=1S/C20H18FNO3/c1-22-17(15-8-10-16(21)11-9-15)20(18(22)23,19(24)25-2)13-12-14-6-4-3-5-7-14/h3-13,17H,1-2H3/b13-12+/t17-,20+/m1/s1. The number of ether oxygens (including phenoxy) is 1. The Bertz CT molecular complexity index is 807. The van der Waals surface area contributed by atoms with Crippen molar-refractivity contribution in [3.05, 3.63) is 77.6 Å². The highest BCUT2D eigenvalue weighted by atomic mass is 19.1. The summed E-state index contributed by atoms with van der Waals surface area (Å²) < 4.78 is 18.2. The first-order valence-electron chi connectivity index (χ1n) is 7.86. The monoisotopic (exact) mass is 339 g/mol. The molecule has 1 saturated heterocycles. The van der Waals surface area contributed by atoms with E-state index in [4.69, 9.17) is 4.74 Å². The van der Waals surface area contributed by atoms with Gasteiger partial charge in [0.1, 0.15) is 5.82 Å². The molecule has 1 aliphatic heterocycles. The van der Waals surface area contributed by atoms with Crippen LogP contribution in [0.15, 0.2) is 60.7 Å². The van der Waals surface area contributed by atoms with Gasteiger partial charge < -0.3 is 9.64 Å². The average Bonchev–Trinajstić information content (AvgIpc) is 2.65. The van der Waals surface area contributed by atoms with Crippen LogP contribution in [0.5, 0.6) is 0 Å². The minimum atomic E-state index is -1.45. The Morgan fingerprint density at radius 3 is 2.40 bits per heavy atom. The van der Waals surface area contributed by atoms with Gasteiger partial charge in [0.15, 0.2) is 5.41 Å². The quantitative estimate of drug-likeness (QED) is 0.488. The van der Waals surface area contributed by atoms with Crippen molar-refractivity contribution < 1.29 is 18.7 Å². The number of carbonyl (C=O) groups excluding carboxylic acids is 2. The van der Waals surface area contributed by atoms with Gasteiger partial charge in [-0.05, 0) is 23.3 Å². The maximum Gasteiger partial charge on any atom is 0.327 e. The Morgan fingerprint density at radius 2 is 1.80 bits per heavy atom. The van der Waals surface area contributed by atoms with Crippen LogP contribution in [0.1, 0.15) is 17.2 Å². The number of rotatable bonds is 4. The van der Waals surface area contributed by atoms with Crippen molar-refractivity contribution in [2.75, 3.05) is 14.2 Å². The highest BCUT2D eigenvalue weighted by Crippen LogP contribution is 2.51. The van der Waals surface area contributed by atoms with Crippen LogP contribution in [0.4, 0.5) is 4.39 Å². The molecule has 1 amide bonds. The van der Waals surface area contributed by atoms with Gasteiger partial charge in [0, 0.05) is 7.05 Å². The molecule has 0 bridgehead atoms. The lowest BCUT2D eigenvalue weighted by molar-refractivity contribution is -0.180. The van der Waals surface area contributed by atoms with E-state index in [-0.39, 0.29) is 11.7 Å². The number of methoxy groups -OCH3 is 1. The highest BCUT2D eigenvalue weighted by Gasteiger charge is 2.64. The summed E-state index contributed by atoms with van der Waals surface area (Å²) in [6.45, 7) is 0. The molecule has 0 spiro atoms. The predicted octanol–water partition coefficient (Wildman–Crippen LogP) is 3.21. The van der Waals surface area contributed by atoms with Crippen molar-refractivity contribution in [2.24, 2.45) is 5.41 Å². The van der Waals surface area contributed by atoms with E-state index in [1.807, 2.05) is 30.3 Å². The summed E-state index contributed by atoms with van der Waals surface area (Å²) in [5.41, 5.74) is 0.0922. The maximum absolute atomic E-state index is 13.2. The molecule has 5 heteroatoms. The van der Waals surface area contributed by atoms with Gasteiger partial charge in [-0.3, -0.25) is 9.59 Å². The first kappa shape index (κ1) is 16.9. The molecule has 128 valence electrons. The zero-order chi connectivity index (χ0) is 18.0. The number of nitrogens with zero attached hydrogens (tertiary/aromatic N) is 1. The summed E-state index contributed by atoms with van der Waals surface area (Å²) in [6, 6.07) is 14.6. The van der Waals surface area contributed by atoms with E-state index < -0.39 is 17.4 Å². The fraction of sp³-hybridized carbons (Fsp3) is 0.200. The molecular formula is C20H18FNO3. The third-order valence-electron chi connectivity index (χ3n) is 4.54. The zero-order valence-corrected chi connectivity index (χ0v) is 14.0. The lowest BCUT2D eigenvalue weighted by Gasteiger charge is -2.51. The Labute approximate surface area is 145 Å². The minimum absolute atomic E-state index is 0.346. The van der Waals surface area contributed by atoms with Crippen molar-refractivity contribution in [3.8, 4) is 0 Å². The molecule has 2 aromatic rings. The van der Waals surface area contributed by atoms with Gasteiger partial charge in [-0.15, -0.1) is 0 Å². The molecule has 2 atom stereocenters. The first-order valence-corrected chi connectivity index (χ1v) is 7.86. The van der Waals surface area contributed by atoms with Crippen LogP contribution < -0.4 is 0 Å². The normalized spacial score (nSPS) is 22.8. The Hall–Kier alpha value is -2.95. The molecule has 0 aliphatic carbocycles. The van der Waals surface area contributed by atoms with Crippen molar-refractivity contribution in [1.29, 1.82) is 0 Å². The van der Waals surface area contributed by atoms with Crippen LogP contribution in [-0.2, 0) is 14.3 Å². The summed E-state index contributed by atoms with van der Waals surface area (Å²) in [5.74, 6) is -1.35. The van der Waals surface area contributed by atoms with E-state index in [0.717, 1.165) is 5.56 Å². The number of esters is 1. The van der Waals surface area contributed by atoms with E-state index in [1.54, 1.807) is 31.3 Å². The maximum atomic E-state index is 13.2. The molecule has 1 fully saturated rings. The van der Waals surface area contributed by atoms with Crippen LogP contribution in [0, 0.1) is 11.2 Å². The number of hydrogen-bond acceptors (Lipinski definition) is 3. The molecule has 3 rings (SSSR count). The lowest BCUT2D eigenvalue weighted by Crippen LogP contribution is -2.64. The van der Waals surface area contributed by atoms with E-state index in [1.165, 1.54) is 24.1 Å². The third kappa shape index (κ3) is 2.71. The van der Waals surface area contributed by atoms with Crippen molar-refractivity contribution >= 4 is 18.0 Å². The average molecular weight is 339 g/mol. The Kier molecular flexibility index (Phi) is 4.40. The smallest absolute Gasteiger partial charge is 0.327 e. The fourth-order valence-electron chi connectivity index (χ4n) is 3.29. The van der Waals surface area contributed by atoms with E-state index >= 15 is 0 Å². The molecule has 4 nitrogen and oxygen atoms in total. The summed E-state index contributed by atoms with van der Waals surface area (Å²) in [5, 5.41) is 0. The molecule has 0 aromatic heterocycles. The molecule has 0 N–H and O–H groups in total. The van der Waals surface area contributed by atoms with Crippen LogP contribution in [0.2, 0.25) is 0 Å². The van der Waals surface area contributed by atoms with Gasteiger partial charge in [-0.2, -0.15) is 0 Å². The molecule has 1 aliphatic rings. The van der Waals surface area contributed by atoms with E-state index in [9.17, 15) is 14.0 Å². The second kappa shape index (κ2) is 6.51. The lowest BCUT2D eigenvalue weighted by atomic mass is 9.67. The second-order valence-corrected chi connectivity index (χ2v) is 5.97. The zero-order valence-electron chi connectivity index (χ0n) is 14.0. The molecule has 0 radical (unpaired) electrons. The van der Waals surface area contributed by atoms with E-state index in [2.05, 4.69) is 0 Å². The fourth-order valence-corrected chi connectivity index (χ4v) is 3.29. The van der Waals surface area contributed by atoms with Crippen molar-refractivity contribution in [3.63, 3.8) is 0 Å². The first-order chi connectivity index (χ1) is 12.0. The Balaban J connectivity index is 2.06. The van der Waals surface area contributed by atoms with Gasteiger partial charge >= 0.3 is 5.97 Å². The van der Waals surface area contributed by atoms with Gasteiger partial charge in [0.25, 0.3) is 0 Å². The molecule has 2 aromatic carbocycles. The summed E-state index contributed by atoms with van der Waals surface area (Å²) in [4.78, 5) is 26.7. The number of β-lactam (4-membered cyclic amide) rings is 1. The number of amides is 1. The second-order valence-electron chi connectivity index (χ2n) is 5.97. The van der Waals surface area contributed by atoms with Gasteiger partial charge in [-0.1, -0.05) is 54.6 Å². The summed E-state index contributed by atoms with van der Waals surface area (Å²) in [7, 11) is 2.88. The number of carbonyl (C=O) groups is 2. The van der Waals surface area contributed by atoms with Crippen LogP contribution in [0.3, 0.4) is 0 Å².